The molecule has 0 aliphatic rings. The Morgan fingerprint density at radius 2 is 1.74 bits per heavy atom. The molecule has 2 aromatic carbocycles. The monoisotopic (exact) mass is 370 g/mol. The number of nitrogens with one attached hydrogen (secondary N) is 2. The number of rotatable bonds is 8. The average molecular weight is 370 g/mol. The lowest BCUT2D eigenvalue weighted by Crippen LogP contribution is -2.38. The molecule has 1 atom stereocenters. The van der Waals surface area contributed by atoms with Crippen LogP contribution in [0.5, 0.6) is 0 Å². The van der Waals surface area contributed by atoms with Crippen LogP contribution in [0.15, 0.2) is 48.5 Å². The Balaban J connectivity index is 1.93. The molecular weight excluding hydrogens is 348 g/mol. The molecule has 142 valence electrons. The molecule has 2 aromatic rings. The first-order valence-electron chi connectivity index (χ1n) is 8.39. The molecule has 0 fully saturated rings. The van der Waals surface area contributed by atoms with Gasteiger partial charge in [-0.2, -0.15) is 0 Å². The van der Waals surface area contributed by atoms with Gasteiger partial charge in [0.2, 0.25) is 5.91 Å². The van der Waals surface area contributed by atoms with Crippen molar-refractivity contribution < 1.29 is 24.2 Å². The number of carbonyl (C=O) groups is 3. The minimum absolute atomic E-state index is 0.179. The van der Waals surface area contributed by atoms with Crippen molar-refractivity contribution in [2.75, 3.05) is 12.4 Å². The smallest absolute Gasteiger partial charge is 0.325 e. The maximum Gasteiger partial charge on any atom is 0.325 e. The van der Waals surface area contributed by atoms with Gasteiger partial charge in [-0.25, -0.2) is 0 Å². The van der Waals surface area contributed by atoms with Gasteiger partial charge in [-0.3, -0.25) is 14.4 Å². The minimum Gasteiger partial charge on any atom is -0.480 e. The fraction of sp³-hybridized carbons (Fsp3) is 0.250. The molecule has 0 bridgehead atoms. The summed E-state index contributed by atoms with van der Waals surface area (Å²) in [7, 11) is 1.62. The van der Waals surface area contributed by atoms with E-state index in [1.807, 2.05) is 24.3 Å². The van der Waals surface area contributed by atoms with Crippen molar-refractivity contribution >= 4 is 23.5 Å². The zero-order valence-corrected chi connectivity index (χ0v) is 15.2. The van der Waals surface area contributed by atoms with Gasteiger partial charge in [0.1, 0.15) is 6.04 Å². The summed E-state index contributed by atoms with van der Waals surface area (Å²) in [6.45, 7) is 1.87. The van der Waals surface area contributed by atoms with Crippen LogP contribution in [0.4, 0.5) is 5.69 Å². The van der Waals surface area contributed by atoms with Gasteiger partial charge in [0.15, 0.2) is 0 Å². The molecule has 2 amide bonds. The van der Waals surface area contributed by atoms with Crippen LogP contribution in [0.25, 0.3) is 0 Å². The Hall–Kier alpha value is -3.19. The quantitative estimate of drug-likeness (QED) is 0.661. The molecule has 3 N–H and O–H groups in total. The topological polar surface area (TPSA) is 105 Å². The molecule has 0 saturated heterocycles. The van der Waals surface area contributed by atoms with Crippen LogP contribution in [0.3, 0.4) is 0 Å². The van der Waals surface area contributed by atoms with E-state index in [1.54, 1.807) is 19.2 Å². The number of aliphatic carboxylic acids is 1. The average Bonchev–Trinajstić information content (AvgIpc) is 2.62. The lowest BCUT2D eigenvalue weighted by atomic mass is 10.1. The number of carbonyl (C=O) groups excluding carboxylic acids is 2. The lowest BCUT2D eigenvalue weighted by molar-refractivity contribution is -0.138. The molecule has 7 nitrogen and oxygen atoms in total. The normalized spacial score (nSPS) is 11.5. The third kappa shape index (κ3) is 6.23. The number of anilines is 1. The van der Waals surface area contributed by atoms with E-state index in [1.165, 1.54) is 19.1 Å². The highest BCUT2D eigenvalue weighted by Gasteiger charge is 2.15. The van der Waals surface area contributed by atoms with Gasteiger partial charge in [-0.15, -0.1) is 0 Å². The third-order valence-corrected chi connectivity index (χ3v) is 3.82. The summed E-state index contributed by atoms with van der Waals surface area (Å²) in [5, 5.41) is 14.0. The molecule has 0 heterocycles. The molecule has 1 unspecified atom stereocenters. The van der Waals surface area contributed by atoms with Crippen molar-refractivity contribution in [3.05, 3.63) is 65.2 Å². The zero-order chi connectivity index (χ0) is 19.8. The first kappa shape index (κ1) is 20.1. The Morgan fingerprint density at radius 1 is 1.07 bits per heavy atom. The molecule has 0 spiro atoms. The molecule has 0 aromatic heterocycles. The van der Waals surface area contributed by atoms with Crippen LogP contribution >= 0.6 is 0 Å². The molecule has 2 rings (SSSR count). The molecule has 0 aliphatic heterocycles. The second-order valence-electron chi connectivity index (χ2n) is 6.09. The van der Waals surface area contributed by atoms with E-state index in [4.69, 9.17) is 9.84 Å². The van der Waals surface area contributed by atoms with Crippen molar-refractivity contribution in [2.45, 2.75) is 26.0 Å². The maximum absolute atomic E-state index is 12.2. The molecule has 0 radical (unpaired) electrons. The molecular formula is C20H22N2O5. The number of carboxylic acid groups (broad SMARTS) is 1. The Bertz CT molecular complexity index is 817. The van der Waals surface area contributed by atoms with Crippen LogP contribution in [0.2, 0.25) is 0 Å². The number of amides is 2. The van der Waals surface area contributed by atoms with Gasteiger partial charge >= 0.3 is 5.97 Å². The molecule has 0 saturated carbocycles. The van der Waals surface area contributed by atoms with Gasteiger partial charge < -0.3 is 20.5 Å². The van der Waals surface area contributed by atoms with Crippen molar-refractivity contribution in [3.8, 4) is 0 Å². The van der Waals surface area contributed by atoms with Crippen molar-refractivity contribution in [1.82, 2.24) is 5.32 Å². The van der Waals surface area contributed by atoms with Gasteiger partial charge in [-0.1, -0.05) is 24.3 Å². The third-order valence-electron chi connectivity index (χ3n) is 3.82. The molecule has 27 heavy (non-hydrogen) atoms. The fourth-order valence-corrected chi connectivity index (χ4v) is 2.43. The van der Waals surface area contributed by atoms with E-state index in [0.29, 0.717) is 17.9 Å². The first-order valence-corrected chi connectivity index (χ1v) is 8.39. The number of methoxy groups -OCH3 is 1. The lowest BCUT2D eigenvalue weighted by Gasteiger charge is -2.10. The Labute approximate surface area is 157 Å². The van der Waals surface area contributed by atoms with E-state index < -0.39 is 17.9 Å². The summed E-state index contributed by atoms with van der Waals surface area (Å²) in [6.07, 6.45) is 0.218. The molecule has 0 aliphatic carbocycles. The zero-order valence-electron chi connectivity index (χ0n) is 15.2. The summed E-state index contributed by atoms with van der Waals surface area (Å²) >= 11 is 0. The maximum atomic E-state index is 12.2. The molecule has 7 heteroatoms. The second kappa shape index (κ2) is 9.49. The van der Waals surface area contributed by atoms with Gasteiger partial charge in [-0.05, 0) is 42.3 Å². The van der Waals surface area contributed by atoms with E-state index in [0.717, 1.165) is 11.1 Å². The number of hydrogen-bond acceptors (Lipinski definition) is 4. The van der Waals surface area contributed by atoms with Crippen molar-refractivity contribution in [1.29, 1.82) is 0 Å². The second-order valence-corrected chi connectivity index (χ2v) is 6.09. The van der Waals surface area contributed by atoms with Crippen LogP contribution in [-0.2, 0) is 27.4 Å². The van der Waals surface area contributed by atoms with E-state index in [2.05, 4.69) is 10.6 Å². The largest absolute Gasteiger partial charge is 0.480 e. The van der Waals surface area contributed by atoms with Crippen molar-refractivity contribution in [2.24, 2.45) is 0 Å². The standard InChI is InChI=1S/C20H22N2O5/c1-13(20(25)26)21-19(24)16-6-8-17(9-7-16)22-18(23)11-14-4-3-5-15(10-14)12-27-2/h3-10,13H,11-12H2,1-2H3,(H,21,24)(H,22,23)(H,25,26). The van der Waals surface area contributed by atoms with Crippen molar-refractivity contribution in [3.63, 3.8) is 0 Å². The highest BCUT2D eigenvalue weighted by atomic mass is 16.5. The predicted molar refractivity (Wildman–Crippen MR) is 100 cm³/mol. The minimum atomic E-state index is -1.11. The summed E-state index contributed by atoms with van der Waals surface area (Å²) in [5.74, 6) is -1.78. The van der Waals surface area contributed by atoms with E-state index in [9.17, 15) is 14.4 Å². The summed E-state index contributed by atoms with van der Waals surface area (Å²) in [5.41, 5.74) is 2.73. The Kier molecular flexibility index (Phi) is 7.08. The summed E-state index contributed by atoms with van der Waals surface area (Å²) in [4.78, 5) is 34.9. The highest BCUT2D eigenvalue weighted by Crippen LogP contribution is 2.12. The Morgan fingerprint density at radius 3 is 2.37 bits per heavy atom. The number of hydrogen-bond donors (Lipinski definition) is 3. The van der Waals surface area contributed by atoms with Crippen LogP contribution in [0.1, 0.15) is 28.4 Å². The number of carboxylic acids is 1. The highest BCUT2D eigenvalue weighted by molar-refractivity contribution is 5.97. The summed E-state index contributed by atoms with van der Waals surface area (Å²) < 4.78 is 5.09. The van der Waals surface area contributed by atoms with E-state index >= 15 is 0 Å². The first-order chi connectivity index (χ1) is 12.9. The fourth-order valence-electron chi connectivity index (χ4n) is 2.43. The van der Waals surface area contributed by atoms with Crippen LogP contribution in [0, 0.1) is 0 Å². The predicted octanol–water partition coefficient (Wildman–Crippen LogP) is 2.22. The summed E-state index contributed by atoms with van der Waals surface area (Å²) in [6, 6.07) is 12.9. The number of ether oxygens (including phenoxy) is 1. The number of benzene rings is 2. The van der Waals surface area contributed by atoms with E-state index in [-0.39, 0.29) is 12.3 Å². The van der Waals surface area contributed by atoms with Crippen LogP contribution in [-0.4, -0.2) is 36.0 Å². The van der Waals surface area contributed by atoms with Crippen LogP contribution < -0.4 is 10.6 Å². The van der Waals surface area contributed by atoms with Gasteiger partial charge in [0, 0.05) is 18.4 Å². The van der Waals surface area contributed by atoms with Gasteiger partial charge in [0.25, 0.3) is 5.91 Å². The van der Waals surface area contributed by atoms with Gasteiger partial charge in [0.05, 0.1) is 13.0 Å². The SMILES string of the molecule is COCc1cccc(CC(=O)Nc2ccc(C(=O)NC(C)C(=O)O)cc2)c1.